The largest absolute Gasteiger partial charge is 0.348 e. The zero-order valence-corrected chi connectivity index (χ0v) is 7.22. The van der Waals surface area contributed by atoms with Crippen LogP contribution in [-0.2, 0) is 9.47 Å². The van der Waals surface area contributed by atoms with Crippen LogP contribution in [0.3, 0.4) is 0 Å². The van der Waals surface area contributed by atoms with Gasteiger partial charge in [0.25, 0.3) is 0 Å². The van der Waals surface area contributed by atoms with E-state index in [-0.39, 0.29) is 5.79 Å². The summed E-state index contributed by atoms with van der Waals surface area (Å²) in [5.41, 5.74) is 0. The lowest BCUT2D eigenvalue weighted by atomic mass is 10.2. The lowest BCUT2D eigenvalue weighted by molar-refractivity contribution is -0.138. The molecular formula is C9H15O2. The van der Waals surface area contributed by atoms with Crippen molar-refractivity contribution in [1.29, 1.82) is 0 Å². The summed E-state index contributed by atoms with van der Waals surface area (Å²) in [5, 5.41) is 0. The Hall–Kier alpha value is -0.0800. The summed E-state index contributed by atoms with van der Waals surface area (Å²) in [6, 6.07) is 0. The van der Waals surface area contributed by atoms with Crippen LogP contribution < -0.4 is 0 Å². The van der Waals surface area contributed by atoms with Crippen LogP contribution in [0.1, 0.15) is 33.1 Å². The van der Waals surface area contributed by atoms with Gasteiger partial charge in [-0.05, 0) is 39.0 Å². The summed E-state index contributed by atoms with van der Waals surface area (Å²) < 4.78 is 11.1. The fourth-order valence-corrected chi connectivity index (χ4v) is 1.48. The Bertz CT molecular complexity index is 150. The molecule has 0 unspecified atom stereocenters. The second kappa shape index (κ2) is 2.46. The predicted molar refractivity (Wildman–Crippen MR) is 42.0 cm³/mol. The monoisotopic (exact) mass is 155 g/mol. The number of ether oxygens (including phenoxy) is 2. The maximum Gasteiger partial charge on any atom is 0.163 e. The van der Waals surface area contributed by atoms with Crippen molar-refractivity contribution in [3.63, 3.8) is 0 Å². The molecule has 1 radical (unpaired) electrons. The molecule has 2 aliphatic rings. The first-order valence-corrected chi connectivity index (χ1v) is 4.31. The highest BCUT2D eigenvalue weighted by Crippen LogP contribution is 2.39. The van der Waals surface area contributed by atoms with Gasteiger partial charge in [0, 0.05) is 0 Å². The first-order chi connectivity index (χ1) is 5.16. The van der Waals surface area contributed by atoms with Gasteiger partial charge >= 0.3 is 0 Å². The highest BCUT2D eigenvalue weighted by Gasteiger charge is 2.36. The van der Waals surface area contributed by atoms with E-state index in [4.69, 9.17) is 9.47 Å². The molecule has 0 aromatic heterocycles. The van der Waals surface area contributed by atoms with Crippen molar-refractivity contribution in [2.24, 2.45) is 0 Å². The maximum atomic E-state index is 5.66. The molecule has 2 heteroatoms. The Morgan fingerprint density at radius 2 is 2.18 bits per heavy atom. The standard InChI is InChI=1S/C9H15O2/c1-9(2)10-6-8(11-9)5-7-3-4-7/h8H,3-6H2,1-2H3/t8-/m1/s1. The van der Waals surface area contributed by atoms with Gasteiger partial charge in [0.05, 0.1) is 12.7 Å². The Balaban J connectivity index is 1.79. The van der Waals surface area contributed by atoms with E-state index in [0.29, 0.717) is 6.10 Å². The molecule has 1 saturated carbocycles. The summed E-state index contributed by atoms with van der Waals surface area (Å²) in [5.74, 6) is 1.32. The van der Waals surface area contributed by atoms with Gasteiger partial charge in [0.2, 0.25) is 0 Å². The number of hydrogen-bond acceptors (Lipinski definition) is 2. The van der Waals surface area contributed by atoms with E-state index in [1.54, 1.807) is 5.92 Å². The van der Waals surface area contributed by atoms with Crippen LogP contribution in [0.15, 0.2) is 0 Å². The molecule has 0 amide bonds. The highest BCUT2D eigenvalue weighted by atomic mass is 16.7. The van der Waals surface area contributed by atoms with Crippen molar-refractivity contribution in [2.45, 2.75) is 45.0 Å². The summed E-state index contributed by atoms with van der Waals surface area (Å²) in [4.78, 5) is 0. The van der Waals surface area contributed by atoms with Crippen molar-refractivity contribution in [2.75, 3.05) is 6.61 Å². The molecule has 0 aromatic rings. The molecule has 1 saturated heterocycles. The van der Waals surface area contributed by atoms with Crippen LogP contribution >= 0.6 is 0 Å². The van der Waals surface area contributed by atoms with Gasteiger partial charge in [-0.1, -0.05) is 0 Å². The van der Waals surface area contributed by atoms with E-state index in [0.717, 1.165) is 13.0 Å². The van der Waals surface area contributed by atoms with Crippen molar-refractivity contribution >= 4 is 0 Å². The second-order valence-electron chi connectivity index (χ2n) is 3.90. The molecule has 0 N–H and O–H groups in total. The zero-order valence-electron chi connectivity index (χ0n) is 7.22. The van der Waals surface area contributed by atoms with E-state index >= 15 is 0 Å². The molecule has 2 fully saturated rings. The van der Waals surface area contributed by atoms with Gasteiger partial charge in [-0.15, -0.1) is 0 Å². The molecule has 0 bridgehead atoms. The van der Waals surface area contributed by atoms with E-state index in [1.807, 2.05) is 13.8 Å². The average Bonchev–Trinajstić information content (AvgIpc) is 2.61. The van der Waals surface area contributed by atoms with Gasteiger partial charge in [-0.2, -0.15) is 0 Å². The van der Waals surface area contributed by atoms with Crippen LogP contribution in [0.4, 0.5) is 0 Å². The summed E-state index contributed by atoms with van der Waals surface area (Å²) in [6.07, 6.45) is 4.10. The third kappa shape index (κ3) is 1.94. The minimum atomic E-state index is -0.333. The fourth-order valence-electron chi connectivity index (χ4n) is 1.48. The SMILES string of the molecule is CC1(C)OC[C@@H](C[C]2CC2)O1. The molecule has 1 aliphatic heterocycles. The molecular weight excluding hydrogens is 140 g/mol. The van der Waals surface area contributed by atoms with Gasteiger partial charge in [0.15, 0.2) is 5.79 Å². The molecule has 0 aromatic carbocycles. The van der Waals surface area contributed by atoms with Gasteiger partial charge in [0.1, 0.15) is 0 Å². The van der Waals surface area contributed by atoms with Crippen molar-refractivity contribution in [3.8, 4) is 0 Å². The van der Waals surface area contributed by atoms with E-state index in [2.05, 4.69) is 0 Å². The quantitative estimate of drug-likeness (QED) is 0.606. The second-order valence-corrected chi connectivity index (χ2v) is 3.90. The smallest absolute Gasteiger partial charge is 0.163 e. The van der Waals surface area contributed by atoms with E-state index in [9.17, 15) is 0 Å². The first-order valence-electron chi connectivity index (χ1n) is 4.31. The van der Waals surface area contributed by atoms with Crippen molar-refractivity contribution in [1.82, 2.24) is 0 Å². The minimum Gasteiger partial charge on any atom is -0.348 e. The lowest BCUT2D eigenvalue weighted by Crippen LogP contribution is -2.21. The molecule has 2 rings (SSSR count). The van der Waals surface area contributed by atoms with Gasteiger partial charge < -0.3 is 9.47 Å². The summed E-state index contributed by atoms with van der Waals surface area (Å²) in [7, 11) is 0. The van der Waals surface area contributed by atoms with E-state index < -0.39 is 0 Å². The molecule has 11 heavy (non-hydrogen) atoms. The lowest BCUT2D eigenvalue weighted by Gasteiger charge is -2.16. The highest BCUT2D eigenvalue weighted by molar-refractivity contribution is 5.06. The number of hydrogen-bond donors (Lipinski definition) is 0. The summed E-state index contributed by atoms with van der Waals surface area (Å²) >= 11 is 0. The number of rotatable bonds is 2. The predicted octanol–water partition coefficient (Wildman–Crippen LogP) is 1.90. The third-order valence-electron chi connectivity index (χ3n) is 2.19. The molecule has 1 atom stereocenters. The van der Waals surface area contributed by atoms with Crippen LogP contribution in [0, 0.1) is 5.92 Å². The minimum absolute atomic E-state index is 0.333. The average molecular weight is 155 g/mol. The van der Waals surface area contributed by atoms with Crippen molar-refractivity contribution < 1.29 is 9.47 Å². The normalized spacial score (nSPS) is 36.0. The van der Waals surface area contributed by atoms with Crippen LogP contribution in [0.2, 0.25) is 0 Å². The molecule has 1 aliphatic carbocycles. The maximum absolute atomic E-state index is 5.66. The van der Waals surface area contributed by atoms with E-state index in [1.165, 1.54) is 12.8 Å². The third-order valence-corrected chi connectivity index (χ3v) is 2.19. The molecule has 1 heterocycles. The first kappa shape index (κ1) is 7.56. The Labute approximate surface area is 67.9 Å². The Kier molecular flexibility index (Phi) is 1.69. The molecule has 2 nitrogen and oxygen atoms in total. The zero-order chi connectivity index (χ0) is 7.90. The molecule has 63 valence electrons. The van der Waals surface area contributed by atoms with Crippen LogP contribution in [0.5, 0.6) is 0 Å². The van der Waals surface area contributed by atoms with Crippen LogP contribution in [-0.4, -0.2) is 18.5 Å². The van der Waals surface area contributed by atoms with Gasteiger partial charge in [-0.25, -0.2) is 0 Å². The molecule has 0 spiro atoms. The van der Waals surface area contributed by atoms with Crippen molar-refractivity contribution in [3.05, 3.63) is 5.92 Å². The Morgan fingerprint density at radius 1 is 1.45 bits per heavy atom. The summed E-state index contributed by atoms with van der Waals surface area (Å²) in [6.45, 7) is 4.73. The topological polar surface area (TPSA) is 18.5 Å². The van der Waals surface area contributed by atoms with Gasteiger partial charge in [-0.3, -0.25) is 0 Å². The van der Waals surface area contributed by atoms with Crippen LogP contribution in [0.25, 0.3) is 0 Å². The Morgan fingerprint density at radius 3 is 2.64 bits per heavy atom. The fraction of sp³-hybridized carbons (Fsp3) is 0.889.